The highest BCUT2D eigenvalue weighted by atomic mass is 35.5. The molecule has 6 nitrogen and oxygen atoms in total. The summed E-state index contributed by atoms with van der Waals surface area (Å²) in [5, 5.41) is 14.0. The zero-order chi connectivity index (χ0) is 12.0. The monoisotopic (exact) mass is 264 g/mol. The van der Waals surface area contributed by atoms with Crippen LogP contribution in [0.4, 0.5) is 10.6 Å². The van der Waals surface area contributed by atoms with Crippen LogP contribution < -0.4 is 10.6 Å². The lowest BCUT2D eigenvalue weighted by Gasteiger charge is -2.06. The Morgan fingerprint density at radius 2 is 2.19 bits per heavy atom. The van der Waals surface area contributed by atoms with Gasteiger partial charge in [0.2, 0.25) is 5.28 Å². The van der Waals surface area contributed by atoms with Gasteiger partial charge in [-0.15, -0.1) is 0 Å². The first-order valence-corrected chi connectivity index (χ1v) is 5.24. The predicted molar refractivity (Wildman–Crippen MR) is 61.2 cm³/mol. The molecule has 0 aromatic carbocycles. The molecule has 0 spiro atoms. The SMILES string of the molecule is O=C(O)NCCCNc1nc(Cl)ncc1Cl. The molecule has 1 amide bonds. The molecule has 0 saturated carbocycles. The van der Waals surface area contributed by atoms with Crippen LogP contribution in [-0.4, -0.2) is 34.3 Å². The smallest absolute Gasteiger partial charge is 0.404 e. The molecule has 16 heavy (non-hydrogen) atoms. The molecule has 1 rings (SSSR count). The molecule has 0 aliphatic heterocycles. The summed E-state index contributed by atoms with van der Waals surface area (Å²) in [6.07, 6.45) is 0.974. The van der Waals surface area contributed by atoms with Gasteiger partial charge in [0.05, 0.1) is 6.20 Å². The van der Waals surface area contributed by atoms with Crippen LogP contribution in [0.1, 0.15) is 6.42 Å². The summed E-state index contributed by atoms with van der Waals surface area (Å²) >= 11 is 11.4. The highest BCUT2D eigenvalue weighted by Crippen LogP contribution is 2.18. The number of nitrogens with zero attached hydrogens (tertiary/aromatic N) is 2. The minimum Gasteiger partial charge on any atom is -0.465 e. The highest BCUT2D eigenvalue weighted by molar-refractivity contribution is 6.33. The number of rotatable bonds is 5. The van der Waals surface area contributed by atoms with E-state index in [1.807, 2.05) is 0 Å². The summed E-state index contributed by atoms with van der Waals surface area (Å²) in [4.78, 5) is 17.7. The number of hydrogen-bond donors (Lipinski definition) is 3. The first-order chi connectivity index (χ1) is 7.59. The number of aromatic nitrogens is 2. The van der Waals surface area contributed by atoms with E-state index in [0.29, 0.717) is 30.4 Å². The number of hydrogen-bond acceptors (Lipinski definition) is 4. The fraction of sp³-hybridized carbons (Fsp3) is 0.375. The molecule has 3 N–H and O–H groups in total. The molecule has 1 aromatic rings. The van der Waals surface area contributed by atoms with Crippen molar-refractivity contribution < 1.29 is 9.90 Å². The normalized spacial score (nSPS) is 9.88. The Kier molecular flexibility index (Phi) is 5.07. The van der Waals surface area contributed by atoms with Gasteiger partial charge in [-0.25, -0.2) is 9.78 Å². The van der Waals surface area contributed by atoms with E-state index >= 15 is 0 Å². The van der Waals surface area contributed by atoms with Crippen molar-refractivity contribution in [1.29, 1.82) is 0 Å². The number of carboxylic acid groups (broad SMARTS) is 1. The predicted octanol–water partition coefficient (Wildman–Crippen LogP) is 1.85. The lowest BCUT2D eigenvalue weighted by Crippen LogP contribution is -2.23. The Balaban J connectivity index is 2.31. The van der Waals surface area contributed by atoms with Gasteiger partial charge in [0.15, 0.2) is 0 Å². The van der Waals surface area contributed by atoms with Crippen LogP contribution in [0.5, 0.6) is 0 Å². The van der Waals surface area contributed by atoms with E-state index in [4.69, 9.17) is 28.3 Å². The van der Waals surface area contributed by atoms with Gasteiger partial charge in [0.1, 0.15) is 10.8 Å². The molecule has 8 heteroatoms. The summed E-state index contributed by atoms with van der Waals surface area (Å²) in [7, 11) is 0. The number of nitrogens with one attached hydrogen (secondary N) is 2. The first kappa shape index (κ1) is 12.8. The Morgan fingerprint density at radius 1 is 1.44 bits per heavy atom. The maximum absolute atomic E-state index is 10.1. The number of amides is 1. The minimum atomic E-state index is -1.04. The van der Waals surface area contributed by atoms with Gasteiger partial charge in [-0.05, 0) is 18.0 Å². The number of halogens is 2. The maximum Gasteiger partial charge on any atom is 0.404 e. The third-order valence-corrected chi connectivity index (χ3v) is 2.10. The molecule has 1 heterocycles. The average Bonchev–Trinajstić information content (AvgIpc) is 2.22. The number of anilines is 1. The third-order valence-electron chi connectivity index (χ3n) is 1.64. The van der Waals surface area contributed by atoms with Crippen LogP contribution in [0, 0.1) is 0 Å². The Morgan fingerprint density at radius 3 is 2.88 bits per heavy atom. The van der Waals surface area contributed by atoms with Gasteiger partial charge < -0.3 is 15.7 Å². The van der Waals surface area contributed by atoms with E-state index < -0.39 is 6.09 Å². The molecule has 0 aliphatic carbocycles. The van der Waals surface area contributed by atoms with E-state index in [9.17, 15) is 4.79 Å². The minimum absolute atomic E-state index is 0.107. The summed E-state index contributed by atoms with van der Waals surface area (Å²) in [6.45, 7) is 0.895. The summed E-state index contributed by atoms with van der Waals surface area (Å²) in [5.74, 6) is 0.442. The molecule has 0 unspecified atom stereocenters. The van der Waals surface area contributed by atoms with Crippen molar-refractivity contribution in [2.75, 3.05) is 18.4 Å². The van der Waals surface area contributed by atoms with Crippen molar-refractivity contribution >= 4 is 35.1 Å². The van der Waals surface area contributed by atoms with E-state index in [1.165, 1.54) is 6.20 Å². The van der Waals surface area contributed by atoms with Gasteiger partial charge in [-0.1, -0.05) is 11.6 Å². The molecule has 0 saturated heterocycles. The van der Waals surface area contributed by atoms with E-state index in [0.717, 1.165) is 0 Å². The van der Waals surface area contributed by atoms with Crippen LogP contribution in [-0.2, 0) is 0 Å². The topological polar surface area (TPSA) is 87.1 Å². The zero-order valence-electron chi connectivity index (χ0n) is 8.20. The number of carbonyl (C=O) groups is 1. The molecule has 0 atom stereocenters. The lowest BCUT2D eigenvalue weighted by molar-refractivity contribution is 0.194. The van der Waals surface area contributed by atoms with Crippen molar-refractivity contribution in [2.45, 2.75) is 6.42 Å². The third kappa shape index (κ3) is 4.50. The van der Waals surface area contributed by atoms with Crippen LogP contribution in [0.2, 0.25) is 10.3 Å². The van der Waals surface area contributed by atoms with E-state index in [1.54, 1.807) is 0 Å². The average molecular weight is 265 g/mol. The van der Waals surface area contributed by atoms with E-state index in [2.05, 4.69) is 20.6 Å². The van der Waals surface area contributed by atoms with Gasteiger partial charge in [0.25, 0.3) is 0 Å². The molecule has 1 aromatic heterocycles. The molecule has 0 bridgehead atoms. The van der Waals surface area contributed by atoms with Crippen LogP contribution in [0.25, 0.3) is 0 Å². The quantitative estimate of drug-likeness (QED) is 0.558. The van der Waals surface area contributed by atoms with Crippen molar-refractivity contribution in [3.63, 3.8) is 0 Å². The van der Waals surface area contributed by atoms with E-state index in [-0.39, 0.29) is 5.28 Å². The Hall–Kier alpha value is -1.27. The fourth-order valence-electron chi connectivity index (χ4n) is 0.960. The summed E-state index contributed by atoms with van der Waals surface area (Å²) in [5.41, 5.74) is 0. The molecule has 88 valence electrons. The Bertz CT molecular complexity index is 375. The maximum atomic E-state index is 10.1. The van der Waals surface area contributed by atoms with Crippen LogP contribution >= 0.6 is 23.2 Å². The van der Waals surface area contributed by atoms with Crippen molar-refractivity contribution in [2.24, 2.45) is 0 Å². The van der Waals surface area contributed by atoms with Gasteiger partial charge in [-0.2, -0.15) is 4.98 Å². The summed E-state index contributed by atoms with van der Waals surface area (Å²) < 4.78 is 0. The second-order valence-corrected chi connectivity index (χ2v) is 3.59. The second-order valence-electron chi connectivity index (χ2n) is 2.85. The van der Waals surface area contributed by atoms with Gasteiger partial charge >= 0.3 is 6.09 Å². The molecule has 0 aliphatic rings. The molecular weight excluding hydrogens is 255 g/mol. The zero-order valence-corrected chi connectivity index (χ0v) is 9.72. The highest BCUT2D eigenvalue weighted by Gasteiger charge is 2.03. The van der Waals surface area contributed by atoms with Gasteiger partial charge in [-0.3, -0.25) is 0 Å². The van der Waals surface area contributed by atoms with Crippen LogP contribution in [0.3, 0.4) is 0 Å². The molecular formula is C8H10Cl2N4O2. The molecule has 0 fully saturated rings. The second kappa shape index (κ2) is 6.34. The van der Waals surface area contributed by atoms with Gasteiger partial charge in [0, 0.05) is 13.1 Å². The lowest BCUT2D eigenvalue weighted by atomic mass is 10.4. The summed E-state index contributed by atoms with van der Waals surface area (Å²) in [6, 6.07) is 0. The van der Waals surface area contributed by atoms with Crippen molar-refractivity contribution in [3.8, 4) is 0 Å². The fourth-order valence-corrected chi connectivity index (χ4v) is 1.25. The Labute approximate surface area is 102 Å². The van der Waals surface area contributed by atoms with Crippen molar-refractivity contribution in [1.82, 2.24) is 15.3 Å². The first-order valence-electron chi connectivity index (χ1n) is 4.48. The largest absolute Gasteiger partial charge is 0.465 e. The molecule has 0 radical (unpaired) electrons. The van der Waals surface area contributed by atoms with Crippen LogP contribution in [0.15, 0.2) is 6.20 Å². The van der Waals surface area contributed by atoms with Crippen molar-refractivity contribution in [3.05, 3.63) is 16.5 Å². The standard InChI is InChI=1S/C8H10Cl2N4O2/c9-5-4-13-7(10)14-6(5)11-2-1-3-12-8(15)16/h4,12H,1-3H2,(H,15,16)(H,11,13,14).